The number of nitrogens with one attached hydrogen (secondary N) is 1. The van der Waals surface area contributed by atoms with E-state index in [4.69, 9.17) is 46.4 Å². The lowest BCUT2D eigenvalue weighted by atomic mass is 10.0. The Bertz CT molecular complexity index is 1140. The van der Waals surface area contributed by atoms with Crippen LogP contribution >= 0.6 is 46.4 Å². The fraction of sp³-hybridized carbons (Fsp3) is 0.200. The third-order valence-corrected chi connectivity index (χ3v) is 6.54. The minimum Gasteiger partial charge on any atom is -0.357 e. The lowest BCUT2D eigenvalue weighted by Crippen LogP contribution is -2.50. The van der Waals surface area contributed by atoms with Crippen LogP contribution in [0, 0.1) is 0 Å². The Morgan fingerprint density at radius 1 is 0.848 bits per heavy atom. The molecule has 3 aromatic rings. The maximum Gasteiger partial charge on any atom is 0.242 e. The number of nitrogens with zero attached hydrogens (tertiary/aromatic N) is 1. The fourth-order valence-electron chi connectivity index (χ4n) is 3.48. The fourth-order valence-corrected chi connectivity index (χ4v) is 4.28. The van der Waals surface area contributed by atoms with Crippen molar-refractivity contribution in [3.8, 4) is 0 Å². The van der Waals surface area contributed by atoms with E-state index >= 15 is 0 Å². The Hall–Kier alpha value is -2.24. The molecule has 0 aliphatic heterocycles. The van der Waals surface area contributed by atoms with Gasteiger partial charge in [-0.05, 0) is 41.0 Å². The van der Waals surface area contributed by atoms with Crippen molar-refractivity contribution in [3.05, 3.63) is 104 Å². The summed E-state index contributed by atoms with van der Waals surface area (Å²) in [6, 6.07) is 18.9. The third kappa shape index (κ3) is 6.87. The normalized spacial score (nSPS) is 11.7. The zero-order valence-electron chi connectivity index (χ0n) is 17.8. The Labute approximate surface area is 213 Å². The molecule has 0 aliphatic carbocycles. The average Bonchev–Trinajstić information content (AvgIpc) is 2.80. The second kappa shape index (κ2) is 11.8. The van der Waals surface area contributed by atoms with Crippen LogP contribution in [0.15, 0.2) is 66.7 Å². The minimum atomic E-state index is -0.745. The number of halogens is 4. The molecule has 1 atom stereocenters. The second-order valence-corrected chi connectivity index (χ2v) is 9.16. The Kier molecular flexibility index (Phi) is 9.04. The van der Waals surface area contributed by atoms with E-state index in [-0.39, 0.29) is 24.8 Å². The molecule has 0 aliphatic rings. The summed E-state index contributed by atoms with van der Waals surface area (Å²) in [4.78, 5) is 28.0. The van der Waals surface area contributed by atoms with E-state index in [2.05, 4.69) is 5.32 Å². The van der Waals surface area contributed by atoms with Crippen LogP contribution in [0.25, 0.3) is 0 Å². The number of rotatable bonds is 8. The first-order valence-electron chi connectivity index (χ1n) is 10.2. The van der Waals surface area contributed by atoms with Crippen LogP contribution in [0.3, 0.4) is 0 Å². The van der Waals surface area contributed by atoms with Crippen molar-refractivity contribution >= 4 is 58.2 Å². The number of carbonyl (C=O) groups is 2. The number of hydrogen-bond acceptors (Lipinski definition) is 2. The summed E-state index contributed by atoms with van der Waals surface area (Å²) in [5, 5.41) is 4.35. The van der Waals surface area contributed by atoms with Gasteiger partial charge in [0.1, 0.15) is 6.04 Å². The molecule has 0 fully saturated rings. The number of likely N-dealkylation sites (N-methyl/N-ethyl adjacent to an activating group) is 1. The topological polar surface area (TPSA) is 49.4 Å². The minimum absolute atomic E-state index is 0.0135. The van der Waals surface area contributed by atoms with Crippen molar-refractivity contribution < 1.29 is 9.59 Å². The van der Waals surface area contributed by atoms with Crippen molar-refractivity contribution in [3.63, 3.8) is 0 Å². The highest BCUT2D eigenvalue weighted by molar-refractivity contribution is 6.42. The van der Waals surface area contributed by atoms with Crippen LogP contribution in [0.4, 0.5) is 0 Å². The molecule has 0 unspecified atom stereocenters. The molecule has 33 heavy (non-hydrogen) atoms. The Morgan fingerprint density at radius 2 is 1.58 bits per heavy atom. The standard InChI is InChI=1S/C25H22Cl4N2O2/c1-30-25(33)23(12-16-5-3-2-4-6-16)31(15-17-7-10-20(27)22(29)11-17)24(32)13-18-8-9-19(26)14-21(18)28/h2-11,14,23H,12-13,15H2,1H3,(H,30,33)/t23-/m1/s1. The quantitative estimate of drug-likeness (QED) is 0.380. The number of benzene rings is 3. The zero-order valence-corrected chi connectivity index (χ0v) is 20.8. The zero-order chi connectivity index (χ0) is 24.0. The van der Waals surface area contributed by atoms with Crippen LogP contribution in [0.1, 0.15) is 16.7 Å². The molecule has 0 bridgehead atoms. The van der Waals surface area contributed by atoms with Gasteiger partial charge in [0.05, 0.1) is 16.5 Å². The second-order valence-electron chi connectivity index (χ2n) is 7.50. The summed E-state index contributed by atoms with van der Waals surface area (Å²) in [6.45, 7) is 0.172. The van der Waals surface area contributed by atoms with Gasteiger partial charge < -0.3 is 10.2 Å². The first kappa shape index (κ1) is 25.4. The van der Waals surface area contributed by atoms with Gasteiger partial charge in [0.15, 0.2) is 0 Å². The number of carbonyl (C=O) groups excluding carboxylic acids is 2. The molecular weight excluding hydrogens is 502 g/mol. The summed E-state index contributed by atoms with van der Waals surface area (Å²) < 4.78 is 0. The van der Waals surface area contributed by atoms with Crippen LogP contribution in [-0.4, -0.2) is 29.8 Å². The van der Waals surface area contributed by atoms with Crippen LogP contribution < -0.4 is 5.32 Å². The lowest BCUT2D eigenvalue weighted by molar-refractivity contribution is -0.140. The number of hydrogen-bond donors (Lipinski definition) is 1. The monoisotopic (exact) mass is 522 g/mol. The summed E-state index contributed by atoms with van der Waals surface area (Å²) in [5.41, 5.74) is 2.31. The van der Waals surface area contributed by atoms with Gasteiger partial charge in [-0.25, -0.2) is 0 Å². The molecule has 0 aromatic heterocycles. The maximum atomic E-state index is 13.6. The summed E-state index contributed by atoms with van der Waals surface area (Å²) in [5.74, 6) is -0.524. The molecule has 172 valence electrons. The molecule has 3 aromatic carbocycles. The van der Waals surface area contributed by atoms with Crippen molar-refractivity contribution in [2.45, 2.75) is 25.4 Å². The SMILES string of the molecule is CNC(=O)[C@@H](Cc1ccccc1)N(Cc1ccc(Cl)c(Cl)c1)C(=O)Cc1ccc(Cl)cc1Cl. The molecule has 0 heterocycles. The van der Waals surface area contributed by atoms with Crippen molar-refractivity contribution in [1.82, 2.24) is 10.2 Å². The van der Waals surface area contributed by atoms with Gasteiger partial charge in [-0.1, -0.05) is 88.9 Å². The third-order valence-electron chi connectivity index (χ3n) is 5.21. The van der Waals surface area contributed by atoms with E-state index < -0.39 is 6.04 Å². The predicted molar refractivity (Wildman–Crippen MR) is 135 cm³/mol. The van der Waals surface area contributed by atoms with E-state index in [0.717, 1.165) is 11.1 Å². The highest BCUT2D eigenvalue weighted by Gasteiger charge is 2.30. The highest BCUT2D eigenvalue weighted by atomic mass is 35.5. The maximum absolute atomic E-state index is 13.6. The molecule has 8 heteroatoms. The molecule has 2 amide bonds. The molecule has 4 nitrogen and oxygen atoms in total. The molecular formula is C25H22Cl4N2O2. The van der Waals surface area contributed by atoms with E-state index in [1.807, 2.05) is 30.3 Å². The smallest absolute Gasteiger partial charge is 0.242 e. The van der Waals surface area contributed by atoms with Crippen molar-refractivity contribution in [1.29, 1.82) is 0 Å². The van der Waals surface area contributed by atoms with Gasteiger partial charge in [-0.15, -0.1) is 0 Å². The Morgan fingerprint density at radius 3 is 2.21 bits per heavy atom. The predicted octanol–water partition coefficient (Wildman–Crippen LogP) is 6.23. The van der Waals surface area contributed by atoms with Crippen LogP contribution in [0.5, 0.6) is 0 Å². The summed E-state index contributed by atoms with van der Waals surface area (Å²) in [6.07, 6.45) is 0.363. The highest BCUT2D eigenvalue weighted by Crippen LogP contribution is 2.26. The van der Waals surface area contributed by atoms with E-state index in [1.165, 1.54) is 0 Å². The van der Waals surface area contributed by atoms with Crippen molar-refractivity contribution in [2.24, 2.45) is 0 Å². The van der Waals surface area contributed by atoms with Crippen LogP contribution in [0.2, 0.25) is 20.1 Å². The molecule has 1 N–H and O–H groups in total. The van der Waals surface area contributed by atoms with Gasteiger partial charge in [0, 0.05) is 30.1 Å². The van der Waals surface area contributed by atoms with Gasteiger partial charge in [0.25, 0.3) is 0 Å². The van der Waals surface area contributed by atoms with Gasteiger partial charge in [-0.3, -0.25) is 9.59 Å². The first-order chi connectivity index (χ1) is 15.8. The molecule has 0 radical (unpaired) electrons. The summed E-state index contributed by atoms with van der Waals surface area (Å²) in [7, 11) is 1.55. The van der Waals surface area contributed by atoms with E-state index in [1.54, 1.807) is 48.3 Å². The van der Waals surface area contributed by atoms with Gasteiger partial charge >= 0.3 is 0 Å². The van der Waals surface area contributed by atoms with E-state index in [9.17, 15) is 9.59 Å². The van der Waals surface area contributed by atoms with Crippen molar-refractivity contribution in [2.75, 3.05) is 7.05 Å². The first-order valence-corrected chi connectivity index (χ1v) is 11.7. The van der Waals surface area contributed by atoms with Crippen LogP contribution in [-0.2, 0) is 29.0 Å². The summed E-state index contributed by atoms with van der Waals surface area (Å²) >= 11 is 24.6. The van der Waals surface area contributed by atoms with Gasteiger partial charge in [-0.2, -0.15) is 0 Å². The average molecular weight is 524 g/mol. The number of amides is 2. The molecule has 0 saturated heterocycles. The molecule has 0 saturated carbocycles. The van der Waals surface area contributed by atoms with Gasteiger partial charge in [0.2, 0.25) is 11.8 Å². The van der Waals surface area contributed by atoms with E-state index in [0.29, 0.717) is 32.1 Å². The lowest BCUT2D eigenvalue weighted by Gasteiger charge is -2.31. The molecule has 3 rings (SSSR count). The Balaban J connectivity index is 1.97. The largest absolute Gasteiger partial charge is 0.357 e. The molecule has 0 spiro atoms.